The molecule has 0 spiro atoms. The Kier molecular flexibility index (Phi) is 12.4. The molecule has 0 aliphatic rings. The van der Waals surface area contributed by atoms with Crippen molar-refractivity contribution in [2.75, 3.05) is 0 Å². The molecule has 0 amide bonds. The number of unbranched alkanes of at least 4 members (excludes halogenated alkanes) is 3. The molecule has 0 aliphatic heterocycles. The second-order valence-electron chi connectivity index (χ2n) is 15.7. The van der Waals surface area contributed by atoms with Crippen molar-refractivity contribution < 1.29 is 0 Å². The summed E-state index contributed by atoms with van der Waals surface area (Å²) >= 11 is 9.50. The van der Waals surface area contributed by atoms with Crippen LogP contribution in [0.15, 0.2) is 138 Å². The zero-order valence-corrected chi connectivity index (χ0v) is 40.5. The predicted octanol–water partition coefficient (Wildman–Crippen LogP) is 17.6. The summed E-state index contributed by atoms with van der Waals surface area (Å²) in [6.07, 6.45) is 6.84. The van der Waals surface area contributed by atoms with Gasteiger partial charge in [0.25, 0.3) is 0 Å². The average molecular weight is 975 g/mol. The molecule has 6 heteroatoms. The van der Waals surface area contributed by atoms with Crippen LogP contribution in [0.1, 0.15) is 42.4 Å². The molecule has 4 aromatic heterocycles. The standard InChI is InChI=1S/C21H14S2.C16H9BrS.C10H15S.3CH3.Sn/c1-13-6-9-19(22-13)16-7-8-17-18-10-14-4-2-3-5-15(14)11-21(18)23-20(17)12-16;17-12-5-6-13-14-7-10-3-1-2-4-11(10)8-15(14)18-16(13)9-12;1-2-3-4-5-7-10-8-6-9-11-10;;;;/h2-12H,1H3;1-9H;6,8H,2-5,7H2,1H3;3*1H3;. The molecule has 0 saturated heterocycles. The van der Waals surface area contributed by atoms with Gasteiger partial charge in [-0.05, 0) is 88.6 Å². The summed E-state index contributed by atoms with van der Waals surface area (Å²) in [5.74, 6) is 0. The van der Waals surface area contributed by atoms with Gasteiger partial charge in [-0.25, -0.2) is 0 Å². The Morgan fingerprint density at radius 3 is 1.62 bits per heavy atom. The second-order valence-corrected chi connectivity index (χ2v) is 36.6. The molecular weight excluding hydrogens is 927 g/mol. The first-order valence-corrected chi connectivity index (χ1v) is 33.7. The topological polar surface area (TPSA) is 0 Å². The predicted molar refractivity (Wildman–Crippen MR) is 265 cm³/mol. The number of aryl methyl sites for hydroxylation is 2. The minimum Gasteiger partial charge on any atom is -0.141 e. The zero-order chi connectivity index (χ0) is 38.8. The van der Waals surface area contributed by atoms with Crippen molar-refractivity contribution in [3.05, 3.63) is 148 Å². The first-order chi connectivity index (χ1) is 27.1. The van der Waals surface area contributed by atoms with E-state index in [1.807, 2.05) is 34.0 Å². The Morgan fingerprint density at radius 1 is 0.500 bits per heavy atom. The molecule has 0 bridgehead atoms. The van der Waals surface area contributed by atoms with Crippen molar-refractivity contribution in [3.63, 3.8) is 0 Å². The Bertz CT molecular complexity index is 2930. The summed E-state index contributed by atoms with van der Waals surface area (Å²) < 4.78 is 8.33. The van der Waals surface area contributed by atoms with E-state index < -0.39 is 18.4 Å². The Labute approximate surface area is 359 Å². The largest absolute Gasteiger partial charge is 0.141 e. The smallest absolute Gasteiger partial charge is 0.0361 e. The van der Waals surface area contributed by atoms with Gasteiger partial charge in [0.05, 0.1) is 0 Å². The van der Waals surface area contributed by atoms with E-state index in [2.05, 4.69) is 189 Å². The third-order valence-electron chi connectivity index (χ3n) is 10.3. The van der Waals surface area contributed by atoms with Crippen LogP contribution in [-0.2, 0) is 6.42 Å². The Morgan fingerprint density at radius 2 is 1.07 bits per heavy atom. The van der Waals surface area contributed by atoms with Crippen LogP contribution < -0.4 is 2.89 Å². The molecule has 4 heterocycles. The molecule has 0 unspecified atom stereocenters. The summed E-state index contributed by atoms with van der Waals surface area (Å²) in [5, 5.41) is 10.7. The first-order valence-electron chi connectivity index (χ1n) is 19.6. The number of thiophene rings is 4. The maximum Gasteiger partial charge on any atom is 0.0361 e. The second kappa shape index (κ2) is 17.4. The van der Waals surface area contributed by atoms with Gasteiger partial charge in [-0.3, -0.25) is 0 Å². The molecule has 0 N–H and O–H groups in total. The summed E-state index contributed by atoms with van der Waals surface area (Å²) in [6.45, 7) is 4.44. The van der Waals surface area contributed by atoms with Crippen LogP contribution in [-0.4, -0.2) is 18.4 Å². The Balaban J connectivity index is 0.000000122. The van der Waals surface area contributed by atoms with Crippen LogP contribution in [0.25, 0.3) is 72.3 Å². The van der Waals surface area contributed by atoms with Crippen molar-refractivity contribution in [1.29, 1.82) is 0 Å². The molecule has 0 radical (unpaired) electrons. The molecular formula is C50H47BrS4Sn. The average Bonchev–Trinajstić information content (AvgIpc) is 4.00. The SMILES string of the molecule is Brc1ccc2c(c1)sc1cc3ccccc3cc12.CCCCCCc1cc[c]([Sn]([CH3])([CH3])[CH3])s1.Cc1ccc(-c2ccc3c(c2)sc2cc4ccccc4cc23)s1. The maximum absolute atomic E-state index is 3.54. The molecule has 10 rings (SSSR count). The monoisotopic (exact) mass is 974 g/mol. The van der Waals surface area contributed by atoms with E-state index in [1.165, 1.54) is 109 Å². The first kappa shape index (κ1) is 39.8. The van der Waals surface area contributed by atoms with Gasteiger partial charge in [0.2, 0.25) is 0 Å². The van der Waals surface area contributed by atoms with Crippen LogP contribution in [0.3, 0.4) is 0 Å². The molecule has 0 atom stereocenters. The van der Waals surface area contributed by atoms with E-state index in [-0.39, 0.29) is 0 Å². The number of fused-ring (bicyclic) bond motifs is 8. The van der Waals surface area contributed by atoms with Crippen molar-refractivity contribution in [1.82, 2.24) is 0 Å². The van der Waals surface area contributed by atoms with Crippen molar-refractivity contribution in [3.8, 4) is 10.4 Å². The van der Waals surface area contributed by atoms with Gasteiger partial charge in [0, 0.05) is 54.6 Å². The van der Waals surface area contributed by atoms with E-state index in [0.717, 1.165) is 4.47 Å². The van der Waals surface area contributed by atoms with E-state index in [0.29, 0.717) is 0 Å². The summed E-state index contributed by atoms with van der Waals surface area (Å²) in [4.78, 5) is 11.8. The van der Waals surface area contributed by atoms with Gasteiger partial charge in [-0.1, -0.05) is 82.7 Å². The fraction of sp³-hybridized carbons (Fsp3) is 0.200. The number of benzene rings is 6. The third-order valence-corrected chi connectivity index (χ3v) is 24.8. The minimum atomic E-state index is -1.75. The van der Waals surface area contributed by atoms with Crippen LogP contribution in [0.5, 0.6) is 0 Å². The fourth-order valence-corrected chi connectivity index (χ4v) is 17.5. The van der Waals surface area contributed by atoms with E-state index >= 15 is 0 Å². The zero-order valence-electron chi connectivity index (χ0n) is 32.7. The number of rotatable bonds is 7. The molecule has 0 fully saturated rings. The molecule has 0 nitrogen and oxygen atoms in total. The number of hydrogen-bond donors (Lipinski definition) is 0. The molecule has 10 aromatic rings. The molecule has 6 aromatic carbocycles. The normalized spacial score (nSPS) is 11.8. The quantitative estimate of drug-likeness (QED) is 0.110. The molecule has 282 valence electrons. The van der Waals surface area contributed by atoms with E-state index in [1.54, 1.807) is 7.77 Å². The summed E-state index contributed by atoms with van der Waals surface area (Å²) in [7, 11) is 0. The van der Waals surface area contributed by atoms with Crippen LogP contribution in [0.4, 0.5) is 0 Å². The third kappa shape index (κ3) is 8.99. The molecule has 0 saturated carbocycles. The van der Waals surface area contributed by atoms with Gasteiger partial charge in [-0.2, -0.15) is 0 Å². The van der Waals surface area contributed by atoms with Crippen molar-refractivity contribution in [2.45, 2.75) is 60.8 Å². The van der Waals surface area contributed by atoms with E-state index in [9.17, 15) is 0 Å². The van der Waals surface area contributed by atoms with Crippen LogP contribution in [0, 0.1) is 6.92 Å². The van der Waals surface area contributed by atoms with E-state index in [4.69, 9.17) is 0 Å². The molecule has 56 heavy (non-hydrogen) atoms. The number of halogens is 1. The minimum absolute atomic E-state index is 1.14. The summed E-state index contributed by atoms with van der Waals surface area (Å²) in [6, 6.07) is 49.0. The van der Waals surface area contributed by atoms with Crippen molar-refractivity contribution >= 4 is 144 Å². The summed E-state index contributed by atoms with van der Waals surface area (Å²) in [5.41, 5.74) is 1.33. The fourth-order valence-electron chi connectivity index (χ4n) is 7.28. The van der Waals surface area contributed by atoms with Gasteiger partial charge < -0.3 is 0 Å². The van der Waals surface area contributed by atoms with Gasteiger partial charge >= 0.3 is 103 Å². The number of hydrogen-bond acceptors (Lipinski definition) is 4. The van der Waals surface area contributed by atoms with Gasteiger partial charge in [0.1, 0.15) is 0 Å². The van der Waals surface area contributed by atoms with Gasteiger partial charge in [-0.15, -0.1) is 34.0 Å². The van der Waals surface area contributed by atoms with Crippen molar-refractivity contribution in [2.24, 2.45) is 0 Å². The maximum atomic E-state index is 3.54. The Hall–Kier alpha value is -3.04. The molecule has 0 aliphatic carbocycles. The van der Waals surface area contributed by atoms with Crippen LogP contribution >= 0.6 is 61.3 Å². The van der Waals surface area contributed by atoms with Gasteiger partial charge in [0.15, 0.2) is 0 Å². The van der Waals surface area contributed by atoms with Crippen LogP contribution in [0.2, 0.25) is 14.8 Å².